The summed E-state index contributed by atoms with van der Waals surface area (Å²) in [6.07, 6.45) is 6.86. The van der Waals surface area contributed by atoms with E-state index in [1.165, 1.54) is 5.56 Å². The smallest absolute Gasteiger partial charge is 0.303 e. The average molecular weight is 481 g/mol. The quantitative estimate of drug-likeness (QED) is 0.234. The van der Waals surface area contributed by atoms with Crippen LogP contribution in [0.4, 0.5) is 0 Å². The summed E-state index contributed by atoms with van der Waals surface area (Å²) < 4.78 is 0. The Kier molecular flexibility index (Phi) is 11.7. The van der Waals surface area contributed by atoms with Crippen LogP contribution in [0, 0.1) is 0 Å². The lowest BCUT2D eigenvalue weighted by Gasteiger charge is -2.31. The monoisotopic (exact) mass is 480 g/mol. The van der Waals surface area contributed by atoms with Crippen molar-refractivity contribution < 1.29 is 19.8 Å². The fourth-order valence-corrected chi connectivity index (χ4v) is 5.23. The summed E-state index contributed by atoms with van der Waals surface area (Å²) in [5, 5.41) is 19.7. The molecule has 0 saturated carbocycles. The van der Waals surface area contributed by atoms with Gasteiger partial charge in [0.1, 0.15) is 5.78 Å². The van der Waals surface area contributed by atoms with Gasteiger partial charge in [-0.3, -0.25) is 9.59 Å². The van der Waals surface area contributed by atoms with Crippen LogP contribution < -0.4 is 0 Å². The SMILES string of the molecule is CCCC(C)(CCCCC(=O)CC(O)CCC(C)(CCC(=O)O)c1ccccc1)c1ccccc1. The number of benzene rings is 2. The summed E-state index contributed by atoms with van der Waals surface area (Å²) in [7, 11) is 0. The molecule has 3 unspecified atom stereocenters. The number of aliphatic hydroxyl groups is 1. The molecule has 2 aromatic carbocycles. The van der Waals surface area contributed by atoms with Crippen molar-refractivity contribution in [2.75, 3.05) is 0 Å². The molecule has 0 saturated heterocycles. The maximum absolute atomic E-state index is 12.5. The summed E-state index contributed by atoms with van der Waals surface area (Å²) in [4.78, 5) is 23.7. The van der Waals surface area contributed by atoms with Crippen LogP contribution in [0.3, 0.4) is 0 Å². The molecule has 0 aliphatic rings. The van der Waals surface area contributed by atoms with Crippen molar-refractivity contribution in [2.45, 2.75) is 108 Å². The van der Waals surface area contributed by atoms with Crippen LogP contribution in [0.25, 0.3) is 0 Å². The van der Waals surface area contributed by atoms with Crippen LogP contribution in [0.15, 0.2) is 60.7 Å². The Morgan fingerprint density at radius 1 is 0.771 bits per heavy atom. The number of aliphatic hydroxyl groups excluding tert-OH is 1. The summed E-state index contributed by atoms with van der Waals surface area (Å²) in [5.41, 5.74) is 2.24. The first-order chi connectivity index (χ1) is 16.7. The number of aliphatic carboxylic acids is 1. The third kappa shape index (κ3) is 9.60. The van der Waals surface area contributed by atoms with E-state index in [4.69, 9.17) is 0 Å². The zero-order valence-electron chi connectivity index (χ0n) is 21.8. The fraction of sp³-hybridized carbons (Fsp3) is 0.548. The van der Waals surface area contributed by atoms with Gasteiger partial charge in [-0.15, -0.1) is 0 Å². The van der Waals surface area contributed by atoms with E-state index in [1.54, 1.807) is 0 Å². The molecule has 0 aliphatic heterocycles. The lowest BCUT2D eigenvalue weighted by molar-refractivity contribution is -0.137. The van der Waals surface area contributed by atoms with Crippen LogP contribution in [-0.2, 0) is 20.4 Å². The van der Waals surface area contributed by atoms with Gasteiger partial charge in [-0.05, 0) is 60.5 Å². The molecule has 4 heteroatoms. The molecule has 3 atom stereocenters. The van der Waals surface area contributed by atoms with Gasteiger partial charge < -0.3 is 10.2 Å². The van der Waals surface area contributed by atoms with Crippen LogP contribution in [0.5, 0.6) is 0 Å². The number of carbonyl (C=O) groups is 2. The van der Waals surface area contributed by atoms with E-state index >= 15 is 0 Å². The number of rotatable bonds is 17. The van der Waals surface area contributed by atoms with Gasteiger partial charge >= 0.3 is 5.97 Å². The molecule has 2 N–H and O–H groups in total. The first-order valence-corrected chi connectivity index (χ1v) is 13.2. The highest BCUT2D eigenvalue weighted by Crippen LogP contribution is 2.36. The summed E-state index contributed by atoms with van der Waals surface area (Å²) in [6.45, 7) is 6.60. The second-order valence-corrected chi connectivity index (χ2v) is 10.6. The van der Waals surface area contributed by atoms with E-state index < -0.39 is 12.1 Å². The summed E-state index contributed by atoms with van der Waals surface area (Å²) >= 11 is 0. The Bertz CT molecular complexity index is 895. The molecule has 0 radical (unpaired) electrons. The van der Waals surface area contributed by atoms with Crippen molar-refractivity contribution in [3.63, 3.8) is 0 Å². The molecule has 0 amide bonds. The number of carbonyl (C=O) groups excluding carboxylic acids is 1. The number of hydrogen-bond donors (Lipinski definition) is 2. The molecule has 0 bridgehead atoms. The highest BCUT2D eigenvalue weighted by atomic mass is 16.4. The largest absolute Gasteiger partial charge is 0.481 e. The third-order valence-corrected chi connectivity index (χ3v) is 7.56. The molecule has 192 valence electrons. The van der Waals surface area contributed by atoms with Gasteiger partial charge in [0.15, 0.2) is 0 Å². The number of carboxylic acids is 1. The lowest BCUT2D eigenvalue weighted by Crippen LogP contribution is -2.26. The average Bonchev–Trinajstić information content (AvgIpc) is 2.85. The van der Waals surface area contributed by atoms with Crippen molar-refractivity contribution in [2.24, 2.45) is 0 Å². The zero-order chi connectivity index (χ0) is 25.7. The van der Waals surface area contributed by atoms with Crippen molar-refractivity contribution in [3.8, 4) is 0 Å². The Morgan fingerprint density at radius 3 is 1.83 bits per heavy atom. The van der Waals surface area contributed by atoms with E-state index in [2.05, 4.69) is 51.1 Å². The Labute approximate surface area is 211 Å². The van der Waals surface area contributed by atoms with Gasteiger partial charge in [0.25, 0.3) is 0 Å². The molecule has 0 fully saturated rings. The topological polar surface area (TPSA) is 74.6 Å². The Balaban J connectivity index is 1.81. The number of carboxylic acid groups (broad SMARTS) is 1. The normalized spacial score (nSPS) is 15.7. The summed E-state index contributed by atoms with van der Waals surface area (Å²) in [5.74, 6) is -0.702. The lowest BCUT2D eigenvalue weighted by atomic mass is 9.74. The van der Waals surface area contributed by atoms with Crippen molar-refractivity contribution in [1.29, 1.82) is 0 Å². The van der Waals surface area contributed by atoms with Crippen LogP contribution in [0.1, 0.15) is 103 Å². The maximum atomic E-state index is 12.5. The van der Waals surface area contributed by atoms with E-state index in [0.717, 1.165) is 37.7 Å². The molecule has 0 aromatic heterocycles. The molecular formula is C31H44O4. The third-order valence-electron chi connectivity index (χ3n) is 7.56. The standard InChI is InChI=1S/C31H44O4/c1-4-20-30(2,25-13-7-5-8-14-25)21-12-11-17-27(32)24-28(33)18-22-31(3,23-19-29(34)35)26-15-9-6-10-16-26/h5-10,13-16,28,33H,4,11-12,17-24H2,1-3H3,(H,34,35). The van der Waals surface area contributed by atoms with Gasteiger partial charge in [-0.25, -0.2) is 0 Å². The van der Waals surface area contributed by atoms with Gasteiger partial charge in [-0.2, -0.15) is 0 Å². The van der Waals surface area contributed by atoms with Gasteiger partial charge in [0, 0.05) is 19.3 Å². The second-order valence-electron chi connectivity index (χ2n) is 10.6. The predicted molar refractivity (Wildman–Crippen MR) is 143 cm³/mol. The Morgan fingerprint density at radius 2 is 1.31 bits per heavy atom. The van der Waals surface area contributed by atoms with Crippen molar-refractivity contribution in [1.82, 2.24) is 0 Å². The molecule has 0 heterocycles. The van der Waals surface area contributed by atoms with E-state index in [0.29, 0.717) is 25.7 Å². The van der Waals surface area contributed by atoms with Gasteiger partial charge in [0.05, 0.1) is 6.10 Å². The second kappa shape index (κ2) is 14.2. The van der Waals surface area contributed by atoms with Crippen LogP contribution >= 0.6 is 0 Å². The molecule has 0 spiro atoms. The molecule has 4 nitrogen and oxygen atoms in total. The minimum Gasteiger partial charge on any atom is -0.481 e. The number of hydrogen-bond acceptors (Lipinski definition) is 3. The maximum Gasteiger partial charge on any atom is 0.303 e. The van der Waals surface area contributed by atoms with Crippen LogP contribution in [0.2, 0.25) is 0 Å². The Hall–Kier alpha value is -2.46. The van der Waals surface area contributed by atoms with E-state index in [-0.39, 0.29) is 29.5 Å². The van der Waals surface area contributed by atoms with Gasteiger partial charge in [0.2, 0.25) is 0 Å². The molecule has 2 aromatic rings. The van der Waals surface area contributed by atoms with E-state index in [1.807, 2.05) is 30.3 Å². The zero-order valence-corrected chi connectivity index (χ0v) is 21.8. The minimum atomic E-state index is -0.815. The number of Topliss-reactive ketones (excluding diaryl/α,β-unsaturated/α-hetero) is 1. The highest BCUT2D eigenvalue weighted by Gasteiger charge is 2.29. The molecule has 2 rings (SSSR count). The summed E-state index contributed by atoms with van der Waals surface area (Å²) in [6, 6.07) is 20.5. The van der Waals surface area contributed by atoms with Crippen molar-refractivity contribution >= 4 is 11.8 Å². The van der Waals surface area contributed by atoms with Gasteiger partial charge in [-0.1, -0.05) is 94.3 Å². The van der Waals surface area contributed by atoms with Crippen LogP contribution in [-0.4, -0.2) is 28.1 Å². The van der Waals surface area contributed by atoms with E-state index in [9.17, 15) is 19.8 Å². The molecule has 0 aliphatic carbocycles. The predicted octanol–water partition coefficient (Wildman–Crippen LogP) is 7.23. The first-order valence-electron chi connectivity index (χ1n) is 13.2. The first kappa shape index (κ1) is 28.8. The van der Waals surface area contributed by atoms with Crippen molar-refractivity contribution in [3.05, 3.63) is 71.8 Å². The minimum absolute atomic E-state index is 0.0837. The fourth-order valence-electron chi connectivity index (χ4n) is 5.23. The molecule has 35 heavy (non-hydrogen) atoms. The number of ketones is 1. The highest BCUT2D eigenvalue weighted by molar-refractivity contribution is 5.78. The number of unbranched alkanes of at least 4 members (excludes halogenated alkanes) is 1. The molecular weight excluding hydrogens is 436 g/mol.